The van der Waals surface area contributed by atoms with Gasteiger partial charge < -0.3 is 16.0 Å². The van der Waals surface area contributed by atoms with Gasteiger partial charge in [-0.1, -0.05) is 37.7 Å². The third kappa shape index (κ3) is 5.17. The molecule has 0 atom stereocenters. The maximum atomic E-state index is 5.79. The Morgan fingerprint density at radius 1 is 1.37 bits per heavy atom. The number of rotatable bonds is 6. The fraction of sp³-hybridized carbons (Fsp3) is 0.533. The van der Waals surface area contributed by atoms with E-state index in [-0.39, 0.29) is 5.41 Å². The molecule has 0 unspecified atom stereocenters. The lowest BCUT2D eigenvalue weighted by Gasteiger charge is -2.29. The molecule has 0 saturated carbocycles. The summed E-state index contributed by atoms with van der Waals surface area (Å²) in [5.41, 5.74) is 9.08. The van der Waals surface area contributed by atoms with Gasteiger partial charge in [-0.3, -0.25) is 0 Å². The average molecular weight is 279 g/mol. The number of hydrogen-bond donors (Lipinski definition) is 2. The van der Waals surface area contributed by atoms with Crippen molar-refractivity contribution in [2.45, 2.75) is 20.8 Å². The monoisotopic (exact) mass is 279 g/mol. The molecule has 4 heteroatoms. The lowest BCUT2D eigenvalue weighted by Crippen LogP contribution is -2.34. The maximum absolute atomic E-state index is 5.79. The predicted molar refractivity (Wildman–Crippen MR) is 87.9 cm³/mol. The summed E-state index contributed by atoms with van der Waals surface area (Å²) in [5, 5.41) is 3.47. The van der Waals surface area contributed by atoms with Crippen LogP contribution in [0, 0.1) is 12.3 Å². The van der Waals surface area contributed by atoms with E-state index in [0.29, 0.717) is 4.99 Å². The fourth-order valence-corrected chi connectivity index (χ4v) is 2.43. The summed E-state index contributed by atoms with van der Waals surface area (Å²) >= 11 is 5.12. The van der Waals surface area contributed by atoms with Crippen LogP contribution in [0.5, 0.6) is 0 Å². The zero-order valence-corrected chi connectivity index (χ0v) is 13.4. The van der Waals surface area contributed by atoms with Crippen molar-refractivity contribution >= 4 is 22.9 Å². The molecule has 3 nitrogen and oxygen atoms in total. The number of benzene rings is 1. The van der Waals surface area contributed by atoms with Gasteiger partial charge in [-0.25, -0.2) is 0 Å². The Balaban J connectivity index is 2.80. The zero-order valence-electron chi connectivity index (χ0n) is 12.6. The molecule has 0 fully saturated rings. The minimum absolute atomic E-state index is 0.182. The molecule has 0 aliphatic carbocycles. The smallest absolute Gasteiger partial charge is 0.106 e. The van der Waals surface area contributed by atoms with E-state index in [4.69, 9.17) is 18.0 Å². The number of anilines is 1. The van der Waals surface area contributed by atoms with Crippen LogP contribution in [0.3, 0.4) is 0 Å². The van der Waals surface area contributed by atoms with Gasteiger partial charge in [0, 0.05) is 24.3 Å². The summed E-state index contributed by atoms with van der Waals surface area (Å²) in [4.78, 5) is 2.64. The molecule has 0 bridgehead atoms. The molecule has 0 radical (unpaired) electrons. The van der Waals surface area contributed by atoms with Crippen LogP contribution in [-0.2, 0) is 0 Å². The Labute approximate surface area is 122 Å². The predicted octanol–water partition coefficient (Wildman–Crippen LogP) is 2.63. The van der Waals surface area contributed by atoms with Crippen LogP contribution in [-0.4, -0.2) is 37.1 Å². The highest BCUT2D eigenvalue weighted by Gasteiger charge is 2.19. The van der Waals surface area contributed by atoms with Gasteiger partial charge in [-0.2, -0.15) is 0 Å². The van der Waals surface area contributed by atoms with Crippen molar-refractivity contribution in [2.75, 3.05) is 32.5 Å². The van der Waals surface area contributed by atoms with Crippen LogP contribution in [0.25, 0.3) is 0 Å². The summed E-state index contributed by atoms with van der Waals surface area (Å²) in [6.07, 6.45) is 0. The average Bonchev–Trinajstić information content (AvgIpc) is 2.25. The number of thiocarbonyl (C=S) groups is 1. The molecule has 0 aliphatic rings. The molecule has 0 spiro atoms. The first-order valence-electron chi connectivity index (χ1n) is 6.50. The molecule has 3 N–H and O–H groups in total. The van der Waals surface area contributed by atoms with Gasteiger partial charge in [0.1, 0.15) is 4.99 Å². The van der Waals surface area contributed by atoms with E-state index in [2.05, 4.69) is 50.3 Å². The molecule has 0 heterocycles. The SMILES string of the molecule is Cc1ccc(NCC(C)(C)CN(C)C)c(C(N)=S)c1. The Bertz CT molecular complexity index is 453. The Morgan fingerprint density at radius 2 is 2.00 bits per heavy atom. The van der Waals surface area contributed by atoms with Crippen molar-refractivity contribution in [2.24, 2.45) is 11.1 Å². The van der Waals surface area contributed by atoms with Crippen molar-refractivity contribution in [3.8, 4) is 0 Å². The topological polar surface area (TPSA) is 41.3 Å². The van der Waals surface area contributed by atoms with E-state index >= 15 is 0 Å². The standard InChI is InChI=1S/C15H25N3S/c1-11-6-7-13(12(8-11)14(16)19)17-9-15(2,3)10-18(4)5/h6-8,17H,9-10H2,1-5H3,(H2,16,19). The van der Waals surface area contributed by atoms with Crippen molar-refractivity contribution in [1.29, 1.82) is 0 Å². The van der Waals surface area contributed by atoms with Gasteiger partial charge in [-0.15, -0.1) is 0 Å². The van der Waals surface area contributed by atoms with Gasteiger partial charge in [0.2, 0.25) is 0 Å². The number of aryl methyl sites for hydroxylation is 1. The van der Waals surface area contributed by atoms with Gasteiger partial charge >= 0.3 is 0 Å². The summed E-state index contributed by atoms with van der Waals surface area (Å²) in [6, 6.07) is 6.15. The Kier molecular flexibility index (Phi) is 5.32. The third-order valence-corrected chi connectivity index (χ3v) is 3.16. The molecule has 19 heavy (non-hydrogen) atoms. The van der Waals surface area contributed by atoms with E-state index < -0.39 is 0 Å². The zero-order chi connectivity index (χ0) is 14.6. The Morgan fingerprint density at radius 3 is 2.53 bits per heavy atom. The second-order valence-electron chi connectivity index (χ2n) is 6.17. The highest BCUT2D eigenvalue weighted by atomic mass is 32.1. The number of hydrogen-bond acceptors (Lipinski definition) is 3. The largest absolute Gasteiger partial charge is 0.389 e. The number of nitrogens with one attached hydrogen (secondary N) is 1. The van der Waals surface area contributed by atoms with Crippen LogP contribution >= 0.6 is 12.2 Å². The van der Waals surface area contributed by atoms with E-state index in [1.165, 1.54) is 5.56 Å². The first-order chi connectivity index (χ1) is 8.71. The van der Waals surface area contributed by atoms with Gasteiger partial charge in [0.25, 0.3) is 0 Å². The highest BCUT2D eigenvalue weighted by molar-refractivity contribution is 7.80. The molecule has 0 saturated heterocycles. The van der Waals surface area contributed by atoms with Gasteiger partial charge in [-0.05, 0) is 38.6 Å². The van der Waals surface area contributed by atoms with Crippen LogP contribution in [0.2, 0.25) is 0 Å². The maximum Gasteiger partial charge on any atom is 0.106 e. The summed E-state index contributed by atoms with van der Waals surface area (Å²) in [7, 11) is 4.18. The first kappa shape index (κ1) is 15.9. The van der Waals surface area contributed by atoms with Crippen LogP contribution in [0.15, 0.2) is 18.2 Å². The van der Waals surface area contributed by atoms with E-state index in [1.807, 2.05) is 13.0 Å². The quantitative estimate of drug-likeness (QED) is 0.786. The molecule has 0 amide bonds. The first-order valence-corrected chi connectivity index (χ1v) is 6.91. The summed E-state index contributed by atoms with van der Waals surface area (Å²) in [5.74, 6) is 0. The van der Waals surface area contributed by atoms with Gasteiger partial charge in [0.05, 0.1) is 0 Å². The molecule has 0 aromatic heterocycles. The van der Waals surface area contributed by atoms with Crippen molar-refractivity contribution in [3.05, 3.63) is 29.3 Å². The fourth-order valence-electron chi connectivity index (χ4n) is 2.26. The normalized spacial score (nSPS) is 11.7. The lowest BCUT2D eigenvalue weighted by molar-refractivity contribution is 0.254. The molecule has 0 aliphatic heterocycles. The van der Waals surface area contributed by atoms with E-state index in [9.17, 15) is 0 Å². The Hall–Kier alpha value is -1.13. The number of nitrogens with two attached hydrogens (primary N) is 1. The molecular weight excluding hydrogens is 254 g/mol. The van der Waals surface area contributed by atoms with Crippen molar-refractivity contribution in [1.82, 2.24) is 4.90 Å². The van der Waals surface area contributed by atoms with Gasteiger partial charge in [0.15, 0.2) is 0 Å². The van der Waals surface area contributed by atoms with E-state index in [0.717, 1.165) is 24.3 Å². The molecular formula is C15H25N3S. The van der Waals surface area contributed by atoms with Crippen molar-refractivity contribution in [3.63, 3.8) is 0 Å². The molecule has 106 valence electrons. The lowest BCUT2D eigenvalue weighted by atomic mass is 9.92. The second kappa shape index (κ2) is 6.35. The molecule has 1 aromatic carbocycles. The molecule has 1 aromatic rings. The highest BCUT2D eigenvalue weighted by Crippen LogP contribution is 2.21. The summed E-state index contributed by atoms with van der Waals surface area (Å²) < 4.78 is 0. The number of nitrogens with zero attached hydrogens (tertiary/aromatic N) is 1. The van der Waals surface area contributed by atoms with Crippen LogP contribution < -0.4 is 11.1 Å². The summed E-state index contributed by atoms with van der Waals surface area (Å²) in [6.45, 7) is 8.43. The van der Waals surface area contributed by atoms with Crippen molar-refractivity contribution < 1.29 is 0 Å². The third-order valence-electron chi connectivity index (χ3n) is 2.94. The van der Waals surface area contributed by atoms with Crippen LogP contribution in [0.4, 0.5) is 5.69 Å². The van der Waals surface area contributed by atoms with E-state index in [1.54, 1.807) is 0 Å². The minimum Gasteiger partial charge on any atom is -0.389 e. The minimum atomic E-state index is 0.182. The molecule has 1 rings (SSSR count). The van der Waals surface area contributed by atoms with Crippen LogP contribution in [0.1, 0.15) is 25.0 Å². The second-order valence-corrected chi connectivity index (χ2v) is 6.61.